The molecule has 1 aromatic carbocycles. The molecule has 1 aliphatic heterocycles. The summed E-state index contributed by atoms with van der Waals surface area (Å²) >= 11 is 0. The minimum absolute atomic E-state index is 0.0494. The summed E-state index contributed by atoms with van der Waals surface area (Å²) in [6, 6.07) is 6.27. The van der Waals surface area contributed by atoms with Gasteiger partial charge in [0.1, 0.15) is 0 Å². The summed E-state index contributed by atoms with van der Waals surface area (Å²) in [6.07, 6.45) is 3.32. The first kappa shape index (κ1) is 14.9. The van der Waals surface area contributed by atoms with Crippen LogP contribution in [0.1, 0.15) is 42.0 Å². The maximum Gasteiger partial charge on any atom is 0.317 e. The fourth-order valence-corrected chi connectivity index (χ4v) is 3.50. The number of carboxylic acid groups (broad SMARTS) is 1. The molecule has 118 valence electrons. The third-order valence-electron chi connectivity index (χ3n) is 4.73. The molecule has 1 aromatic rings. The summed E-state index contributed by atoms with van der Waals surface area (Å²) in [7, 11) is 0. The van der Waals surface area contributed by atoms with Crippen molar-refractivity contribution in [2.24, 2.45) is 5.92 Å². The van der Waals surface area contributed by atoms with Gasteiger partial charge in [0.2, 0.25) is 0 Å². The van der Waals surface area contributed by atoms with Crippen molar-refractivity contribution >= 4 is 12.0 Å². The normalized spacial score (nSPS) is 24.0. The molecule has 2 amide bonds. The number of hydrogen-bond acceptors (Lipinski definition) is 2. The number of carbonyl (C=O) groups excluding carboxylic acids is 1. The molecule has 2 atom stereocenters. The maximum atomic E-state index is 12.4. The predicted octanol–water partition coefficient (Wildman–Crippen LogP) is 2.49. The Labute approximate surface area is 130 Å². The number of benzene rings is 1. The minimum Gasteiger partial charge on any atom is -0.481 e. The highest BCUT2D eigenvalue weighted by Gasteiger charge is 2.30. The van der Waals surface area contributed by atoms with Crippen LogP contribution in [0.3, 0.4) is 0 Å². The van der Waals surface area contributed by atoms with Crippen LogP contribution >= 0.6 is 0 Å². The topological polar surface area (TPSA) is 69.6 Å². The van der Waals surface area contributed by atoms with Crippen molar-refractivity contribution in [2.75, 3.05) is 13.1 Å². The van der Waals surface area contributed by atoms with Gasteiger partial charge in [0, 0.05) is 13.1 Å². The lowest BCUT2D eigenvalue weighted by atomic mass is 9.98. The molecule has 2 unspecified atom stereocenters. The van der Waals surface area contributed by atoms with Gasteiger partial charge in [-0.25, -0.2) is 4.79 Å². The third kappa shape index (κ3) is 2.93. The number of urea groups is 1. The van der Waals surface area contributed by atoms with Crippen molar-refractivity contribution in [3.05, 3.63) is 34.9 Å². The molecular weight excluding hydrogens is 280 g/mol. The quantitative estimate of drug-likeness (QED) is 0.882. The van der Waals surface area contributed by atoms with Gasteiger partial charge in [-0.05, 0) is 43.7 Å². The number of carbonyl (C=O) groups is 2. The summed E-state index contributed by atoms with van der Waals surface area (Å²) in [5, 5.41) is 12.2. The van der Waals surface area contributed by atoms with E-state index in [0.29, 0.717) is 19.5 Å². The van der Waals surface area contributed by atoms with Crippen LogP contribution in [0.25, 0.3) is 0 Å². The Hall–Kier alpha value is -2.04. The molecular formula is C17H22N2O3. The molecule has 0 aromatic heterocycles. The van der Waals surface area contributed by atoms with E-state index in [2.05, 4.69) is 30.4 Å². The fourth-order valence-electron chi connectivity index (χ4n) is 3.50. The Morgan fingerprint density at radius 1 is 1.32 bits per heavy atom. The van der Waals surface area contributed by atoms with Gasteiger partial charge in [-0.3, -0.25) is 4.79 Å². The van der Waals surface area contributed by atoms with Gasteiger partial charge in [0.25, 0.3) is 0 Å². The van der Waals surface area contributed by atoms with Crippen LogP contribution in [0.4, 0.5) is 4.79 Å². The van der Waals surface area contributed by atoms with Crippen molar-refractivity contribution in [1.82, 2.24) is 10.2 Å². The first-order chi connectivity index (χ1) is 10.5. The van der Waals surface area contributed by atoms with Gasteiger partial charge in [0.15, 0.2) is 0 Å². The maximum absolute atomic E-state index is 12.4. The molecule has 1 heterocycles. The second kappa shape index (κ2) is 5.99. The first-order valence-corrected chi connectivity index (χ1v) is 7.92. The summed E-state index contributed by atoms with van der Waals surface area (Å²) < 4.78 is 0. The number of aliphatic carboxylic acids is 1. The summed E-state index contributed by atoms with van der Waals surface area (Å²) in [5.74, 6) is -1.24. The van der Waals surface area contributed by atoms with Crippen LogP contribution in [-0.2, 0) is 11.2 Å². The van der Waals surface area contributed by atoms with Crippen LogP contribution in [0, 0.1) is 12.8 Å². The highest BCUT2D eigenvalue weighted by Crippen LogP contribution is 2.32. The molecule has 1 fully saturated rings. The highest BCUT2D eigenvalue weighted by atomic mass is 16.4. The lowest BCUT2D eigenvalue weighted by Gasteiger charge is -2.31. The Morgan fingerprint density at radius 2 is 2.14 bits per heavy atom. The summed E-state index contributed by atoms with van der Waals surface area (Å²) in [6.45, 7) is 3.03. The van der Waals surface area contributed by atoms with Crippen LogP contribution in [0.2, 0.25) is 0 Å². The molecule has 1 aliphatic carbocycles. The molecule has 22 heavy (non-hydrogen) atoms. The van der Waals surface area contributed by atoms with Crippen molar-refractivity contribution in [1.29, 1.82) is 0 Å². The molecule has 1 saturated heterocycles. The first-order valence-electron chi connectivity index (χ1n) is 7.92. The zero-order valence-electron chi connectivity index (χ0n) is 12.8. The van der Waals surface area contributed by atoms with Gasteiger partial charge < -0.3 is 15.3 Å². The zero-order chi connectivity index (χ0) is 15.7. The predicted molar refractivity (Wildman–Crippen MR) is 82.7 cm³/mol. The Balaban J connectivity index is 1.65. The lowest BCUT2D eigenvalue weighted by molar-refractivity contribution is -0.143. The minimum atomic E-state index is -0.806. The molecule has 3 rings (SSSR count). The number of piperidine rings is 1. The monoisotopic (exact) mass is 302 g/mol. The molecule has 0 spiro atoms. The van der Waals surface area contributed by atoms with Crippen LogP contribution in [0.5, 0.6) is 0 Å². The highest BCUT2D eigenvalue weighted by molar-refractivity contribution is 5.77. The Kier molecular flexibility index (Phi) is 4.05. The van der Waals surface area contributed by atoms with Gasteiger partial charge in [-0.2, -0.15) is 0 Å². The lowest BCUT2D eigenvalue weighted by Crippen LogP contribution is -2.47. The van der Waals surface area contributed by atoms with E-state index in [1.165, 1.54) is 16.7 Å². The van der Waals surface area contributed by atoms with Crippen molar-refractivity contribution in [2.45, 2.75) is 38.6 Å². The van der Waals surface area contributed by atoms with E-state index >= 15 is 0 Å². The van der Waals surface area contributed by atoms with Crippen molar-refractivity contribution in [3.63, 3.8) is 0 Å². The van der Waals surface area contributed by atoms with E-state index in [1.807, 2.05) is 0 Å². The van der Waals surface area contributed by atoms with Crippen LogP contribution in [-0.4, -0.2) is 35.1 Å². The van der Waals surface area contributed by atoms with E-state index in [4.69, 9.17) is 5.11 Å². The molecule has 0 radical (unpaired) electrons. The standard InChI is InChI=1S/C17H22N2O3/c1-11-4-6-14-12(9-11)5-7-15(14)18-17(22)19-8-2-3-13(10-19)16(20)21/h4,6,9,13,15H,2-3,5,7-8,10H2,1H3,(H,18,22)(H,20,21). The SMILES string of the molecule is Cc1ccc2c(c1)CCC2NC(=O)N1CCCC(C(=O)O)C1. The van der Waals surface area contributed by atoms with E-state index in [-0.39, 0.29) is 12.1 Å². The Morgan fingerprint density at radius 3 is 2.91 bits per heavy atom. The van der Waals surface area contributed by atoms with E-state index < -0.39 is 11.9 Å². The number of nitrogens with one attached hydrogen (secondary N) is 1. The fraction of sp³-hybridized carbons (Fsp3) is 0.529. The van der Waals surface area contributed by atoms with Gasteiger partial charge in [-0.15, -0.1) is 0 Å². The summed E-state index contributed by atoms with van der Waals surface area (Å²) in [5.41, 5.74) is 3.75. The molecule has 2 aliphatic rings. The van der Waals surface area contributed by atoms with Gasteiger partial charge in [0.05, 0.1) is 12.0 Å². The molecule has 5 heteroatoms. The number of amides is 2. The van der Waals surface area contributed by atoms with Gasteiger partial charge >= 0.3 is 12.0 Å². The Bertz CT molecular complexity index is 600. The number of hydrogen-bond donors (Lipinski definition) is 2. The van der Waals surface area contributed by atoms with Crippen LogP contribution in [0.15, 0.2) is 18.2 Å². The van der Waals surface area contributed by atoms with E-state index in [1.54, 1.807) is 4.90 Å². The summed E-state index contributed by atoms with van der Waals surface area (Å²) in [4.78, 5) is 25.2. The number of likely N-dealkylation sites (tertiary alicyclic amines) is 1. The number of fused-ring (bicyclic) bond motifs is 1. The number of aryl methyl sites for hydroxylation is 2. The van der Waals surface area contributed by atoms with Crippen molar-refractivity contribution in [3.8, 4) is 0 Å². The number of carboxylic acids is 1. The van der Waals surface area contributed by atoms with Crippen LogP contribution < -0.4 is 5.32 Å². The number of rotatable bonds is 2. The molecule has 2 N–H and O–H groups in total. The van der Waals surface area contributed by atoms with Crippen molar-refractivity contribution < 1.29 is 14.7 Å². The smallest absolute Gasteiger partial charge is 0.317 e. The average molecular weight is 302 g/mol. The second-order valence-electron chi connectivity index (χ2n) is 6.37. The largest absolute Gasteiger partial charge is 0.481 e. The third-order valence-corrected chi connectivity index (χ3v) is 4.73. The molecule has 5 nitrogen and oxygen atoms in total. The molecule has 0 bridgehead atoms. The molecule has 0 saturated carbocycles. The number of nitrogens with zero attached hydrogens (tertiary/aromatic N) is 1. The zero-order valence-corrected chi connectivity index (χ0v) is 12.8. The average Bonchev–Trinajstić information content (AvgIpc) is 2.89. The van der Waals surface area contributed by atoms with Gasteiger partial charge in [-0.1, -0.05) is 23.8 Å². The van der Waals surface area contributed by atoms with E-state index in [9.17, 15) is 9.59 Å². The second-order valence-corrected chi connectivity index (χ2v) is 6.37. The van der Waals surface area contributed by atoms with E-state index in [0.717, 1.165) is 19.3 Å².